The molecule has 0 aromatic rings. The zero-order valence-corrected chi connectivity index (χ0v) is 9.98. The Balaban J connectivity index is 2.57. The van der Waals surface area contributed by atoms with Gasteiger partial charge in [0.1, 0.15) is 8.24 Å². The summed E-state index contributed by atoms with van der Waals surface area (Å²) in [6.45, 7) is 8.50. The number of hydrogen-bond acceptors (Lipinski definition) is 2. The van der Waals surface area contributed by atoms with Crippen LogP contribution in [0.5, 0.6) is 0 Å². The monoisotopic (exact) mass is 188 g/mol. The fourth-order valence-corrected chi connectivity index (χ4v) is 7.56. The lowest BCUT2D eigenvalue weighted by molar-refractivity contribution is 0.388. The van der Waals surface area contributed by atoms with Crippen molar-refractivity contribution in [3.63, 3.8) is 0 Å². The van der Waals surface area contributed by atoms with Crippen molar-refractivity contribution >= 4 is 17.4 Å². The van der Waals surface area contributed by atoms with Gasteiger partial charge in [0.15, 0.2) is 0 Å². The largest absolute Gasteiger partial charge is 0.406 e. The molecule has 1 aliphatic heterocycles. The van der Waals surface area contributed by atoms with E-state index in [1.54, 1.807) is 0 Å². The smallest absolute Gasteiger partial charge is 0.298 e. The van der Waals surface area contributed by atoms with Crippen LogP contribution in [0.4, 0.5) is 0 Å². The van der Waals surface area contributed by atoms with Gasteiger partial charge in [0.25, 0.3) is 9.20 Å². The molecule has 0 aromatic carbocycles. The quantitative estimate of drug-likeness (QED) is 0.611. The van der Waals surface area contributed by atoms with Crippen LogP contribution < -0.4 is 0 Å². The minimum absolute atomic E-state index is 0.552. The van der Waals surface area contributed by atoms with Gasteiger partial charge in [0.05, 0.1) is 0 Å². The molecule has 1 rings (SSSR count). The van der Waals surface area contributed by atoms with Crippen LogP contribution in [0.25, 0.3) is 0 Å². The average molecular weight is 188 g/mol. The first-order chi connectivity index (χ1) is 5.05. The van der Waals surface area contributed by atoms with Gasteiger partial charge in [0.2, 0.25) is 0 Å². The fourth-order valence-electron chi connectivity index (χ4n) is 1.57. The van der Waals surface area contributed by atoms with Crippen LogP contribution in [-0.4, -0.2) is 35.3 Å². The molecular formula is C7H18NOSi2. The average Bonchev–Trinajstić information content (AvgIpc) is 2.31. The van der Waals surface area contributed by atoms with Crippen LogP contribution in [0.3, 0.4) is 0 Å². The Hall–Kier alpha value is 0.354. The van der Waals surface area contributed by atoms with E-state index in [-0.39, 0.29) is 0 Å². The van der Waals surface area contributed by atoms with Crippen molar-refractivity contribution in [1.82, 2.24) is 4.23 Å². The van der Waals surface area contributed by atoms with Crippen molar-refractivity contribution in [3.05, 3.63) is 0 Å². The lowest BCUT2D eigenvalue weighted by Gasteiger charge is -2.32. The van der Waals surface area contributed by atoms with E-state index < -0.39 is 17.4 Å². The van der Waals surface area contributed by atoms with Gasteiger partial charge in [0, 0.05) is 7.11 Å². The Kier molecular flexibility index (Phi) is 2.91. The second-order valence-electron chi connectivity index (χ2n) is 4.02. The van der Waals surface area contributed by atoms with Gasteiger partial charge in [-0.2, -0.15) is 0 Å². The van der Waals surface area contributed by atoms with Gasteiger partial charge in [-0.1, -0.05) is 19.6 Å². The number of hydrogen-bond donors (Lipinski definition) is 0. The van der Waals surface area contributed by atoms with E-state index in [9.17, 15) is 0 Å². The Morgan fingerprint density at radius 3 is 2.36 bits per heavy atom. The summed E-state index contributed by atoms with van der Waals surface area (Å²) in [5, 5.41) is 0. The highest BCUT2D eigenvalue weighted by Gasteiger charge is 2.36. The fraction of sp³-hybridized carbons (Fsp3) is 1.00. The lowest BCUT2D eigenvalue weighted by Crippen LogP contribution is -2.51. The van der Waals surface area contributed by atoms with Gasteiger partial charge in [-0.05, 0) is 19.0 Å². The molecule has 0 saturated carbocycles. The molecular weight excluding hydrogens is 170 g/mol. The summed E-state index contributed by atoms with van der Waals surface area (Å²) in [5.74, 6) is 0. The normalized spacial score (nSPS) is 22.9. The molecule has 1 radical (unpaired) electrons. The van der Waals surface area contributed by atoms with Crippen LogP contribution in [-0.2, 0) is 4.43 Å². The van der Waals surface area contributed by atoms with E-state index in [2.05, 4.69) is 23.9 Å². The summed E-state index contributed by atoms with van der Waals surface area (Å²) >= 11 is 0. The van der Waals surface area contributed by atoms with Crippen LogP contribution in [0.15, 0.2) is 0 Å². The number of nitrogens with zero attached hydrogens (tertiary/aromatic N) is 1. The first-order valence-corrected chi connectivity index (χ1v) is 9.24. The second kappa shape index (κ2) is 3.39. The summed E-state index contributed by atoms with van der Waals surface area (Å²) in [7, 11) is 0.261. The van der Waals surface area contributed by atoms with Crippen molar-refractivity contribution < 1.29 is 4.43 Å². The first kappa shape index (κ1) is 9.44. The molecule has 11 heavy (non-hydrogen) atoms. The summed E-state index contributed by atoms with van der Waals surface area (Å²) in [6.07, 6.45) is 1.35. The van der Waals surface area contributed by atoms with Crippen LogP contribution >= 0.6 is 0 Å². The molecule has 0 aromatic heterocycles. The molecule has 0 atom stereocenters. The molecule has 0 aliphatic carbocycles. The highest BCUT2D eigenvalue weighted by Crippen LogP contribution is 2.22. The van der Waals surface area contributed by atoms with Crippen LogP contribution in [0, 0.1) is 0 Å². The van der Waals surface area contributed by atoms with Gasteiger partial charge < -0.3 is 8.66 Å². The highest BCUT2D eigenvalue weighted by molar-refractivity contribution is 6.81. The van der Waals surface area contributed by atoms with Crippen molar-refractivity contribution in [2.24, 2.45) is 0 Å². The summed E-state index contributed by atoms with van der Waals surface area (Å²) < 4.78 is 8.18. The van der Waals surface area contributed by atoms with E-state index in [0.717, 1.165) is 0 Å². The van der Waals surface area contributed by atoms with Crippen LogP contribution in [0.1, 0.15) is 6.42 Å². The molecule has 0 bridgehead atoms. The molecule has 1 aliphatic rings. The second-order valence-corrected chi connectivity index (χ2v) is 11.6. The molecule has 1 heterocycles. The van der Waals surface area contributed by atoms with Crippen molar-refractivity contribution in [2.75, 3.05) is 13.7 Å². The SMILES string of the molecule is CO[Si]1CCCN1[Si](C)(C)C. The Morgan fingerprint density at radius 2 is 2.00 bits per heavy atom. The zero-order chi connectivity index (χ0) is 8.48. The molecule has 2 nitrogen and oxygen atoms in total. The molecule has 0 spiro atoms. The third-order valence-electron chi connectivity index (χ3n) is 2.12. The van der Waals surface area contributed by atoms with Gasteiger partial charge >= 0.3 is 0 Å². The Labute approximate surface area is 72.4 Å². The highest BCUT2D eigenvalue weighted by atomic mass is 28.4. The maximum Gasteiger partial charge on any atom is 0.298 e. The maximum atomic E-state index is 5.51. The third kappa shape index (κ3) is 2.14. The molecule has 4 heteroatoms. The minimum atomic E-state index is -1.05. The lowest BCUT2D eigenvalue weighted by atomic mass is 10.5. The molecule has 0 amide bonds. The molecule has 65 valence electrons. The van der Waals surface area contributed by atoms with Crippen LogP contribution in [0.2, 0.25) is 25.7 Å². The van der Waals surface area contributed by atoms with Gasteiger partial charge in [-0.25, -0.2) is 0 Å². The number of rotatable bonds is 2. The van der Waals surface area contributed by atoms with Crippen molar-refractivity contribution in [1.29, 1.82) is 0 Å². The van der Waals surface area contributed by atoms with Gasteiger partial charge in [-0.3, -0.25) is 0 Å². The predicted octanol–water partition coefficient (Wildman–Crippen LogP) is 1.66. The standard InChI is InChI=1S/C7H18NOSi2/c1-9-10-7-5-6-8(10)11(2,3)4/h5-7H2,1-4H3. The summed E-state index contributed by atoms with van der Waals surface area (Å²) in [6, 6.07) is 1.32. The topological polar surface area (TPSA) is 12.5 Å². The zero-order valence-electron chi connectivity index (χ0n) is 7.98. The maximum absolute atomic E-state index is 5.51. The minimum Gasteiger partial charge on any atom is -0.406 e. The van der Waals surface area contributed by atoms with E-state index in [4.69, 9.17) is 4.43 Å². The molecule has 0 N–H and O–H groups in total. The molecule has 1 saturated heterocycles. The summed E-state index contributed by atoms with van der Waals surface area (Å²) in [4.78, 5) is 0. The van der Waals surface area contributed by atoms with E-state index in [1.165, 1.54) is 19.0 Å². The molecule has 1 fully saturated rings. The predicted molar refractivity (Wildman–Crippen MR) is 52.2 cm³/mol. The Bertz CT molecular complexity index is 135. The van der Waals surface area contributed by atoms with Crippen molar-refractivity contribution in [3.8, 4) is 0 Å². The summed E-state index contributed by atoms with van der Waals surface area (Å²) in [5.41, 5.74) is 0. The van der Waals surface area contributed by atoms with E-state index >= 15 is 0 Å². The van der Waals surface area contributed by atoms with Gasteiger partial charge in [-0.15, -0.1) is 0 Å². The third-order valence-corrected chi connectivity index (χ3v) is 8.80. The first-order valence-electron chi connectivity index (χ1n) is 4.23. The molecule has 0 unspecified atom stereocenters. The van der Waals surface area contributed by atoms with Crippen molar-refractivity contribution in [2.45, 2.75) is 32.1 Å². The van der Waals surface area contributed by atoms with E-state index in [0.29, 0.717) is 0 Å². The van der Waals surface area contributed by atoms with E-state index in [1.807, 2.05) is 7.11 Å². The Morgan fingerprint density at radius 1 is 1.36 bits per heavy atom.